The van der Waals surface area contributed by atoms with Crippen molar-refractivity contribution in [3.8, 4) is 5.75 Å². The quantitative estimate of drug-likeness (QED) is 0.631. The summed E-state index contributed by atoms with van der Waals surface area (Å²) in [6, 6.07) is 7.42. The molecular weight excluding hydrogens is 324 g/mol. The van der Waals surface area contributed by atoms with Gasteiger partial charge in [0, 0.05) is 17.6 Å². The van der Waals surface area contributed by atoms with Crippen LogP contribution in [0.1, 0.15) is 13.3 Å². The molecule has 0 bridgehead atoms. The molecular formula is C14H21BrN2O3. The Labute approximate surface area is 127 Å². The van der Waals surface area contributed by atoms with Crippen molar-refractivity contribution < 1.29 is 14.6 Å². The molecule has 112 valence electrons. The minimum Gasteiger partial charge on any atom is -0.491 e. The summed E-state index contributed by atoms with van der Waals surface area (Å²) in [4.78, 5) is 11.3. The number of hydrogen-bond donors (Lipinski definition) is 3. The Morgan fingerprint density at radius 1 is 1.50 bits per heavy atom. The third-order valence-corrected chi connectivity index (χ3v) is 2.97. The minimum absolute atomic E-state index is 0.0630. The van der Waals surface area contributed by atoms with Gasteiger partial charge in [0.05, 0.1) is 6.54 Å². The van der Waals surface area contributed by atoms with E-state index in [0.29, 0.717) is 18.8 Å². The van der Waals surface area contributed by atoms with Crippen LogP contribution >= 0.6 is 15.9 Å². The van der Waals surface area contributed by atoms with Crippen molar-refractivity contribution in [3.63, 3.8) is 0 Å². The predicted molar refractivity (Wildman–Crippen MR) is 81.8 cm³/mol. The SMILES string of the molecule is CCCNC(=O)CNCC(O)COc1cccc(Br)c1. The molecule has 0 spiro atoms. The summed E-state index contributed by atoms with van der Waals surface area (Å²) in [6.45, 7) is 3.37. The number of benzene rings is 1. The molecule has 0 heterocycles. The number of nitrogens with one attached hydrogen (secondary N) is 2. The minimum atomic E-state index is -0.659. The topological polar surface area (TPSA) is 70.6 Å². The lowest BCUT2D eigenvalue weighted by molar-refractivity contribution is -0.120. The molecule has 5 nitrogen and oxygen atoms in total. The summed E-state index contributed by atoms with van der Waals surface area (Å²) < 4.78 is 6.38. The van der Waals surface area contributed by atoms with Gasteiger partial charge in [-0.1, -0.05) is 28.9 Å². The maximum Gasteiger partial charge on any atom is 0.233 e. The molecule has 1 rings (SSSR count). The van der Waals surface area contributed by atoms with E-state index in [1.165, 1.54) is 0 Å². The first-order valence-corrected chi connectivity index (χ1v) is 7.45. The highest BCUT2D eigenvalue weighted by atomic mass is 79.9. The smallest absolute Gasteiger partial charge is 0.233 e. The zero-order valence-corrected chi connectivity index (χ0v) is 13.1. The number of ether oxygens (including phenoxy) is 1. The lowest BCUT2D eigenvalue weighted by atomic mass is 10.3. The summed E-state index contributed by atoms with van der Waals surface area (Å²) >= 11 is 3.35. The Kier molecular flexibility index (Phi) is 8.25. The molecule has 0 aromatic heterocycles. The summed E-state index contributed by atoms with van der Waals surface area (Å²) in [7, 11) is 0. The number of rotatable bonds is 9. The first-order chi connectivity index (χ1) is 9.61. The number of hydrogen-bond acceptors (Lipinski definition) is 4. The normalized spacial score (nSPS) is 11.9. The average Bonchev–Trinajstić information content (AvgIpc) is 2.43. The second-order valence-electron chi connectivity index (χ2n) is 4.40. The summed E-state index contributed by atoms with van der Waals surface area (Å²) in [5.41, 5.74) is 0. The van der Waals surface area contributed by atoms with E-state index in [1.54, 1.807) is 0 Å². The Morgan fingerprint density at radius 3 is 3.00 bits per heavy atom. The van der Waals surface area contributed by atoms with Crippen molar-refractivity contribution in [1.82, 2.24) is 10.6 Å². The number of aliphatic hydroxyl groups excluding tert-OH is 1. The van der Waals surface area contributed by atoms with Crippen molar-refractivity contribution in [2.75, 3.05) is 26.2 Å². The van der Waals surface area contributed by atoms with Crippen molar-refractivity contribution >= 4 is 21.8 Å². The van der Waals surface area contributed by atoms with E-state index < -0.39 is 6.10 Å². The summed E-state index contributed by atoms with van der Waals surface area (Å²) in [5.74, 6) is 0.631. The van der Waals surface area contributed by atoms with Crippen molar-refractivity contribution in [2.24, 2.45) is 0 Å². The fraction of sp³-hybridized carbons (Fsp3) is 0.500. The van der Waals surface area contributed by atoms with Crippen LogP contribution in [0.4, 0.5) is 0 Å². The second-order valence-corrected chi connectivity index (χ2v) is 5.32. The van der Waals surface area contributed by atoms with Gasteiger partial charge in [0.2, 0.25) is 5.91 Å². The third kappa shape index (κ3) is 7.47. The van der Waals surface area contributed by atoms with Crippen LogP contribution in [0, 0.1) is 0 Å². The van der Waals surface area contributed by atoms with E-state index >= 15 is 0 Å². The van der Waals surface area contributed by atoms with Gasteiger partial charge in [-0.15, -0.1) is 0 Å². The van der Waals surface area contributed by atoms with Gasteiger partial charge in [-0.25, -0.2) is 0 Å². The molecule has 1 aromatic rings. The number of carbonyl (C=O) groups excluding carboxylic acids is 1. The van der Waals surface area contributed by atoms with E-state index in [2.05, 4.69) is 26.6 Å². The van der Waals surface area contributed by atoms with Crippen LogP contribution in [0.5, 0.6) is 5.75 Å². The zero-order chi connectivity index (χ0) is 14.8. The van der Waals surface area contributed by atoms with Crippen molar-refractivity contribution in [2.45, 2.75) is 19.4 Å². The summed E-state index contributed by atoms with van der Waals surface area (Å²) in [6.07, 6.45) is 0.252. The molecule has 6 heteroatoms. The van der Waals surface area contributed by atoms with E-state index in [4.69, 9.17) is 4.74 Å². The van der Waals surface area contributed by atoms with Crippen molar-refractivity contribution in [3.05, 3.63) is 28.7 Å². The molecule has 20 heavy (non-hydrogen) atoms. The maximum absolute atomic E-state index is 11.3. The fourth-order valence-corrected chi connectivity index (χ4v) is 1.87. The van der Waals surface area contributed by atoms with Gasteiger partial charge in [0.15, 0.2) is 0 Å². The fourth-order valence-electron chi connectivity index (χ4n) is 1.49. The molecule has 0 aliphatic heterocycles. The van der Waals surface area contributed by atoms with Gasteiger partial charge in [-0.2, -0.15) is 0 Å². The first-order valence-electron chi connectivity index (χ1n) is 6.65. The van der Waals surface area contributed by atoms with Gasteiger partial charge in [-0.3, -0.25) is 4.79 Å². The standard InChI is InChI=1S/C14H21BrN2O3/c1-2-6-17-14(19)9-16-8-12(18)10-20-13-5-3-4-11(15)7-13/h3-5,7,12,16,18H,2,6,8-10H2,1H3,(H,17,19). The van der Waals surface area contributed by atoms with Crippen LogP contribution in [0.3, 0.4) is 0 Å². The van der Waals surface area contributed by atoms with E-state index in [1.807, 2.05) is 31.2 Å². The predicted octanol–water partition coefficient (Wildman–Crippen LogP) is 1.30. The summed E-state index contributed by atoms with van der Waals surface area (Å²) in [5, 5.41) is 15.4. The molecule has 1 atom stereocenters. The molecule has 0 saturated carbocycles. The van der Waals surface area contributed by atoms with Crippen molar-refractivity contribution in [1.29, 1.82) is 0 Å². The van der Waals surface area contributed by atoms with Crippen LogP contribution in [-0.4, -0.2) is 43.4 Å². The molecule has 1 amide bonds. The van der Waals surface area contributed by atoms with E-state index in [9.17, 15) is 9.90 Å². The number of aliphatic hydroxyl groups is 1. The lowest BCUT2D eigenvalue weighted by Crippen LogP contribution is -2.39. The van der Waals surface area contributed by atoms with Crippen LogP contribution in [0.25, 0.3) is 0 Å². The van der Waals surface area contributed by atoms with E-state index in [0.717, 1.165) is 10.9 Å². The molecule has 0 aliphatic rings. The molecule has 1 aromatic carbocycles. The number of carbonyl (C=O) groups is 1. The molecule has 3 N–H and O–H groups in total. The highest BCUT2D eigenvalue weighted by molar-refractivity contribution is 9.10. The lowest BCUT2D eigenvalue weighted by Gasteiger charge is -2.13. The van der Waals surface area contributed by atoms with Crippen LogP contribution < -0.4 is 15.4 Å². The molecule has 0 radical (unpaired) electrons. The Bertz CT molecular complexity index is 415. The molecule has 0 saturated heterocycles. The van der Waals surface area contributed by atoms with Gasteiger partial charge < -0.3 is 20.5 Å². The highest BCUT2D eigenvalue weighted by Crippen LogP contribution is 2.17. The molecule has 0 aliphatic carbocycles. The van der Waals surface area contributed by atoms with Crippen LogP contribution in [-0.2, 0) is 4.79 Å². The first kappa shape index (κ1) is 16.9. The Balaban J connectivity index is 2.14. The monoisotopic (exact) mass is 344 g/mol. The second kappa shape index (κ2) is 9.74. The van der Waals surface area contributed by atoms with Gasteiger partial charge in [0.25, 0.3) is 0 Å². The highest BCUT2D eigenvalue weighted by Gasteiger charge is 2.06. The van der Waals surface area contributed by atoms with Gasteiger partial charge in [0.1, 0.15) is 18.5 Å². The third-order valence-electron chi connectivity index (χ3n) is 2.48. The largest absolute Gasteiger partial charge is 0.491 e. The maximum atomic E-state index is 11.3. The van der Waals surface area contributed by atoms with Crippen LogP contribution in [0.15, 0.2) is 28.7 Å². The molecule has 1 unspecified atom stereocenters. The Hall–Kier alpha value is -1.11. The van der Waals surface area contributed by atoms with Gasteiger partial charge >= 0.3 is 0 Å². The number of halogens is 1. The Morgan fingerprint density at radius 2 is 2.30 bits per heavy atom. The number of amides is 1. The average molecular weight is 345 g/mol. The zero-order valence-electron chi connectivity index (χ0n) is 11.6. The van der Waals surface area contributed by atoms with Crippen LogP contribution in [0.2, 0.25) is 0 Å². The van der Waals surface area contributed by atoms with Gasteiger partial charge in [-0.05, 0) is 24.6 Å². The van der Waals surface area contributed by atoms with E-state index in [-0.39, 0.29) is 19.1 Å². The molecule has 0 fully saturated rings.